The summed E-state index contributed by atoms with van der Waals surface area (Å²) in [7, 11) is -1.97. The molecule has 146 valence electrons. The Morgan fingerprint density at radius 3 is 2.15 bits per heavy atom. The summed E-state index contributed by atoms with van der Waals surface area (Å²) in [4.78, 5) is 12.5. The molecular formula is C21H28N2O3S. The van der Waals surface area contributed by atoms with Crippen molar-refractivity contribution in [1.82, 2.24) is 9.62 Å². The predicted molar refractivity (Wildman–Crippen MR) is 108 cm³/mol. The predicted octanol–water partition coefficient (Wildman–Crippen LogP) is 3.22. The van der Waals surface area contributed by atoms with E-state index in [2.05, 4.69) is 5.32 Å². The SMILES string of the molecule is CN(CCCC(=O)NC(C)(C)Cc1ccccc1)S(=O)(=O)c1ccccc1. The maximum Gasteiger partial charge on any atom is 0.242 e. The van der Waals surface area contributed by atoms with Crippen LogP contribution in [0.1, 0.15) is 32.3 Å². The molecule has 0 radical (unpaired) electrons. The number of rotatable bonds is 9. The third-order valence-electron chi connectivity index (χ3n) is 4.29. The van der Waals surface area contributed by atoms with Crippen LogP contribution in [0.2, 0.25) is 0 Å². The van der Waals surface area contributed by atoms with Crippen LogP contribution in [0.5, 0.6) is 0 Å². The van der Waals surface area contributed by atoms with E-state index < -0.39 is 10.0 Å². The molecule has 2 rings (SSSR count). The van der Waals surface area contributed by atoms with Gasteiger partial charge in [-0.05, 0) is 44.4 Å². The second-order valence-corrected chi connectivity index (χ2v) is 9.38. The first-order valence-corrected chi connectivity index (χ1v) is 10.5. The summed E-state index contributed by atoms with van der Waals surface area (Å²) in [5.74, 6) is -0.0681. The van der Waals surface area contributed by atoms with Gasteiger partial charge in [0.1, 0.15) is 0 Å². The van der Waals surface area contributed by atoms with E-state index in [0.29, 0.717) is 13.0 Å². The second-order valence-electron chi connectivity index (χ2n) is 7.34. The van der Waals surface area contributed by atoms with E-state index in [1.165, 1.54) is 4.31 Å². The van der Waals surface area contributed by atoms with Crippen LogP contribution in [0.25, 0.3) is 0 Å². The van der Waals surface area contributed by atoms with Gasteiger partial charge in [-0.15, -0.1) is 0 Å². The lowest BCUT2D eigenvalue weighted by molar-refractivity contribution is -0.122. The Balaban J connectivity index is 1.81. The highest BCUT2D eigenvalue weighted by Gasteiger charge is 2.22. The number of carbonyl (C=O) groups excluding carboxylic acids is 1. The fraction of sp³-hybridized carbons (Fsp3) is 0.381. The van der Waals surface area contributed by atoms with Gasteiger partial charge in [0.15, 0.2) is 0 Å². The highest BCUT2D eigenvalue weighted by molar-refractivity contribution is 7.89. The Morgan fingerprint density at radius 1 is 1.00 bits per heavy atom. The molecule has 0 saturated heterocycles. The molecule has 0 fully saturated rings. The highest BCUT2D eigenvalue weighted by atomic mass is 32.2. The van der Waals surface area contributed by atoms with Crippen molar-refractivity contribution in [2.24, 2.45) is 0 Å². The molecule has 0 atom stereocenters. The Bertz CT molecular complexity index is 834. The van der Waals surface area contributed by atoms with Crippen LogP contribution in [-0.2, 0) is 21.2 Å². The monoisotopic (exact) mass is 388 g/mol. The van der Waals surface area contributed by atoms with Gasteiger partial charge >= 0.3 is 0 Å². The zero-order valence-corrected chi connectivity index (χ0v) is 17.0. The molecule has 0 unspecified atom stereocenters. The van der Waals surface area contributed by atoms with Gasteiger partial charge in [0.25, 0.3) is 0 Å². The molecule has 0 aromatic heterocycles. The first kappa shape index (κ1) is 21.1. The van der Waals surface area contributed by atoms with E-state index in [1.807, 2.05) is 44.2 Å². The van der Waals surface area contributed by atoms with Crippen molar-refractivity contribution < 1.29 is 13.2 Å². The van der Waals surface area contributed by atoms with Crippen LogP contribution in [-0.4, -0.2) is 37.8 Å². The topological polar surface area (TPSA) is 66.5 Å². The summed E-state index contributed by atoms with van der Waals surface area (Å²) in [5, 5.41) is 3.04. The molecule has 1 amide bonds. The molecule has 0 bridgehead atoms. The van der Waals surface area contributed by atoms with E-state index >= 15 is 0 Å². The van der Waals surface area contributed by atoms with Gasteiger partial charge in [0, 0.05) is 25.6 Å². The summed E-state index contributed by atoms with van der Waals surface area (Å²) < 4.78 is 26.2. The molecular weight excluding hydrogens is 360 g/mol. The lowest BCUT2D eigenvalue weighted by Crippen LogP contribution is -2.45. The molecule has 0 spiro atoms. The number of sulfonamides is 1. The molecule has 6 heteroatoms. The molecule has 27 heavy (non-hydrogen) atoms. The third-order valence-corrected chi connectivity index (χ3v) is 6.17. The number of nitrogens with zero attached hydrogens (tertiary/aromatic N) is 1. The normalized spacial score (nSPS) is 12.1. The Labute approximate surface area is 162 Å². The van der Waals surface area contributed by atoms with Gasteiger partial charge in [-0.3, -0.25) is 4.79 Å². The molecule has 2 aromatic rings. The number of hydrogen-bond acceptors (Lipinski definition) is 3. The van der Waals surface area contributed by atoms with E-state index in [1.54, 1.807) is 37.4 Å². The van der Waals surface area contributed by atoms with E-state index in [4.69, 9.17) is 0 Å². The fourth-order valence-electron chi connectivity index (χ4n) is 2.95. The summed E-state index contributed by atoms with van der Waals surface area (Å²) in [6.07, 6.45) is 1.49. The summed E-state index contributed by atoms with van der Waals surface area (Å²) >= 11 is 0. The molecule has 5 nitrogen and oxygen atoms in total. The first-order chi connectivity index (χ1) is 12.7. The van der Waals surface area contributed by atoms with E-state index in [0.717, 1.165) is 12.0 Å². The van der Waals surface area contributed by atoms with Gasteiger partial charge < -0.3 is 5.32 Å². The van der Waals surface area contributed by atoms with Crippen molar-refractivity contribution in [3.63, 3.8) is 0 Å². The Hall–Kier alpha value is -2.18. The molecule has 0 aliphatic rings. The van der Waals surface area contributed by atoms with Crippen molar-refractivity contribution >= 4 is 15.9 Å². The molecule has 0 aliphatic carbocycles. The fourth-order valence-corrected chi connectivity index (χ4v) is 4.18. The maximum atomic E-state index is 12.5. The second kappa shape index (κ2) is 9.15. The largest absolute Gasteiger partial charge is 0.351 e. The van der Waals surface area contributed by atoms with Crippen LogP contribution in [0, 0.1) is 0 Å². The quantitative estimate of drug-likeness (QED) is 0.717. The van der Waals surface area contributed by atoms with Crippen molar-refractivity contribution in [3.05, 3.63) is 66.2 Å². The first-order valence-electron chi connectivity index (χ1n) is 9.07. The third kappa shape index (κ3) is 6.48. The van der Waals surface area contributed by atoms with Crippen molar-refractivity contribution in [2.45, 2.75) is 43.5 Å². The van der Waals surface area contributed by atoms with E-state index in [-0.39, 0.29) is 22.8 Å². The van der Waals surface area contributed by atoms with Gasteiger partial charge in [-0.25, -0.2) is 12.7 Å². The summed E-state index contributed by atoms with van der Waals surface area (Å²) in [5.41, 5.74) is 0.803. The summed E-state index contributed by atoms with van der Waals surface area (Å²) in [6, 6.07) is 18.3. The van der Waals surface area contributed by atoms with Crippen LogP contribution < -0.4 is 5.32 Å². The molecule has 2 aromatic carbocycles. The van der Waals surface area contributed by atoms with Gasteiger partial charge in [0.05, 0.1) is 4.90 Å². The van der Waals surface area contributed by atoms with Crippen LogP contribution in [0.4, 0.5) is 0 Å². The average Bonchev–Trinajstić information content (AvgIpc) is 2.62. The van der Waals surface area contributed by atoms with Gasteiger partial charge in [-0.2, -0.15) is 0 Å². The van der Waals surface area contributed by atoms with Crippen LogP contribution in [0.15, 0.2) is 65.6 Å². The maximum absolute atomic E-state index is 12.5. The molecule has 0 aliphatic heterocycles. The minimum atomic E-state index is -3.51. The van der Waals surface area contributed by atoms with Gasteiger partial charge in [0.2, 0.25) is 15.9 Å². The number of benzene rings is 2. The minimum absolute atomic E-state index is 0.0681. The zero-order valence-electron chi connectivity index (χ0n) is 16.2. The Morgan fingerprint density at radius 2 is 1.56 bits per heavy atom. The standard InChI is InChI=1S/C21H28N2O3S/c1-21(2,17-18-11-6-4-7-12-18)22-20(24)15-10-16-23(3)27(25,26)19-13-8-5-9-14-19/h4-9,11-14H,10,15-17H2,1-3H3,(H,22,24). The lowest BCUT2D eigenvalue weighted by atomic mass is 9.94. The number of amides is 1. The number of carbonyl (C=O) groups is 1. The average molecular weight is 389 g/mol. The number of hydrogen-bond donors (Lipinski definition) is 1. The number of nitrogens with one attached hydrogen (secondary N) is 1. The smallest absolute Gasteiger partial charge is 0.242 e. The van der Waals surface area contributed by atoms with Gasteiger partial charge in [-0.1, -0.05) is 48.5 Å². The zero-order chi connectivity index (χ0) is 19.9. The Kier molecular flexibility index (Phi) is 7.16. The van der Waals surface area contributed by atoms with Crippen molar-refractivity contribution in [2.75, 3.05) is 13.6 Å². The molecule has 0 saturated carbocycles. The summed E-state index contributed by atoms with van der Waals surface area (Å²) in [6.45, 7) is 4.28. The van der Waals surface area contributed by atoms with Crippen molar-refractivity contribution in [3.8, 4) is 0 Å². The van der Waals surface area contributed by atoms with Crippen molar-refractivity contribution in [1.29, 1.82) is 0 Å². The van der Waals surface area contributed by atoms with E-state index in [9.17, 15) is 13.2 Å². The van der Waals surface area contributed by atoms with Crippen LogP contribution in [0.3, 0.4) is 0 Å². The highest BCUT2D eigenvalue weighted by Crippen LogP contribution is 2.15. The molecule has 0 heterocycles. The minimum Gasteiger partial charge on any atom is -0.351 e. The van der Waals surface area contributed by atoms with Crippen LogP contribution >= 0.6 is 0 Å². The molecule has 1 N–H and O–H groups in total. The lowest BCUT2D eigenvalue weighted by Gasteiger charge is -2.26.